The highest BCUT2D eigenvalue weighted by atomic mass is 32.1. The van der Waals surface area contributed by atoms with Gasteiger partial charge in [0.2, 0.25) is 82.7 Å². The fraction of sp³-hybridized carbons (Fsp3) is 0.655. The lowest BCUT2D eigenvalue weighted by Crippen LogP contribution is -2.62. The number of primary amides is 2. The van der Waals surface area contributed by atoms with Gasteiger partial charge < -0.3 is 113 Å². The first-order valence-corrected chi connectivity index (χ1v) is 33.1. The van der Waals surface area contributed by atoms with Crippen LogP contribution in [0.1, 0.15) is 118 Å². The molecular weight excluding hydrogens is 1340 g/mol. The van der Waals surface area contributed by atoms with Gasteiger partial charge in [-0.1, -0.05) is 48.0 Å². The Morgan fingerprint density at radius 3 is 1.48 bits per heavy atom. The van der Waals surface area contributed by atoms with Gasteiger partial charge >= 0.3 is 11.9 Å². The summed E-state index contributed by atoms with van der Waals surface area (Å²) in [6, 6.07) is -16.1. The number of guanidine groups is 1. The molecule has 0 radical (unpaired) electrons. The van der Waals surface area contributed by atoms with E-state index >= 15 is 0 Å². The topological polar surface area (TPSA) is 653 Å². The molecule has 0 unspecified atom stereocenters. The summed E-state index contributed by atoms with van der Waals surface area (Å²) in [6.45, 7) is 8.20. The van der Waals surface area contributed by atoms with E-state index in [1.54, 1.807) is 41.5 Å². The molecule has 1 aromatic heterocycles. The number of carbonyl (C=O) groups is 16. The standard InChI is InChI=1S/C58H99N21O18S2/c1-7-29(6)46(56(95)73-34(14-16-43(84)85)51(90)76-38(25-99)57(96)97)79-53(92)37(24-98)75-50(89)32(11-8-9-17-59)71-49(88)33(12-10-18-66-58(63)64)72-54(93)44(27(2)3)78-55(94)45(28(4)5)77-52(91)35(19-30-21-65-26-69-30)70-42(83)23-67-41(82)22-68-48(87)36(20-40(62)81)74-47(86)31(60)13-15-39(61)80/h21,26-29,31-38,44-46,98-99H,7-20,22-25,59-60H2,1-6H3,(H2,61,80)(H2,62,81)(H,65,69)(H,67,82)(H,68,87)(H,70,83)(H,71,88)(H,72,93)(H,73,95)(H,74,86)(H,75,89)(H,76,90)(H,77,91)(H,78,94)(H,79,92)(H,84,85)(H,96,97)(H4,63,64,66)/t29-,31-,32-,33-,34-,35-,36-,37-,38-,44-,45-,46-/m0/s1. The molecular formula is C58H99N21O18S2. The number of nitrogens with zero attached hydrogens (tertiary/aromatic N) is 1. The van der Waals surface area contributed by atoms with E-state index in [0.29, 0.717) is 6.42 Å². The number of carbonyl (C=O) groups excluding carboxylic acids is 14. The molecule has 0 bridgehead atoms. The van der Waals surface area contributed by atoms with Crippen LogP contribution in [0.3, 0.4) is 0 Å². The minimum atomic E-state index is -1.59. The molecule has 0 saturated heterocycles. The summed E-state index contributed by atoms with van der Waals surface area (Å²) in [5.74, 6) is -19.1. The molecule has 27 N–H and O–H groups in total. The first-order chi connectivity index (χ1) is 46.5. The van der Waals surface area contributed by atoms with Crippen molar-refractivity contribution in [3.63, 3.8) is 0 Å². The van der Waals surface area contributed by atoms with Gasteiger partial charge in [-0.3, -0.25) is 77.3 Å². The van der Waals surface area contributed by atoms with Gasteiger partial charge in [0.05, 0.1) is 37.6 Å². The number of hydrogen-bond acceptors (Lipinski definition) is 22. The second-order valence-electron chi connectivity index (χ2n) is 23.8. The summed E-state index contributed by atoms with van der Waals surface area (Å²) in [6.07, 6.45) is 0.960. The van der Waals surface area contributed by atoms with E-state index in [4.69, 9.17) is 34.1 Å². The highest BCUT2D eigenvalue weighted by molar-refractivity contribution is 7.80. The molecule has 41 heteroatoms. The van der Waals surface area contributed by atoms with Crippen molar-refractivity contribution >= 4 is 126 Å². The van der Waals surface area contributed by atoms with Gasteiger partial charge in [0.15, 0.2) is 5.96 Å². The van der Waals surface area contributed by atoms with Crippen molar-refractivity contribution < 1.29 is 86.9 Å². The molecule has 0 saturated carbocycles. The second kappa shape index (κ2) is 46.0. The fourth-order valence-corrected chi connectivity index (χ4v) is 9.56. The van der Waals surface area contributed by atoms with E-state index in [1.807, 2.05) is 0 Å². The quantitative estimate of drug-likeness (QED) is 0.0125. The average Bonchev–Trinajstić information content (AvgIpc) is 0.923. The van der Waals surface area contributed by atoms with Gasteiger partial charge in [-0.05, 0) is 69.2 Å². The van der Waals surface area contributed by atoms with Crippen molar-refractivity contribution in [3.8, 4) is 0 Å². The van der Waals surface area contributed by atoms with Crippen molar-refractivity contribution in [2.24, 2.45) is 46.4 Å². The molecule has 39 nitrogen and oxygen atoms in total. The van der Waals surface area contributed by atoms with Gasteiger partial charge in [0.1, 0.15) is 60.4 Å². The Bertz CT molecular complexity index is 2950. The minimum Gasteiger partial charge on any atom is -0.481 e. The number of unbranched alkanes of at least 4 members (excludes halogenated alkanes) is 1. The maximum atomic E-state index is 14.4. The number of aromatic amines is 1. The molecule has 1 aromatic rings. The number of H-pyrrole nitrogens is 1. The molecule has 0 aliphatic heterocycles. The molecule has 14 amide bonds. The number of thiol groups is 2. The van der Waals surface area contributed by atoms with Crippen molar-refractivity contribution in [1.29, 1.82) is 5.41 Å². The van der Waals surface area contributed by atoms with Crippen molar-refractivity contribution in [2.75, 3.05) is 37.7 Å². The number of aromatic nitrogens is 2. The number of nitrogens with one attached hydrogen (secondary N) is 15. The van der Waals surface area contributed by atoms with E-state index in [9.17, 15) is 86.9 Å². The Balaban J connectivity index is 3.45. The molecule has 0 aromatic carbocycles. The third-order valence-corrected chi connectivity index (χ3v) is 15.7. The normalized spacial score (nSPS) is 14.7. The second-order valence-corrected chi connectivity index (χ2v) is 24.5. The van der Waals surface area contributed by atoms with E-state index in [1.165, 1.54) is 12.5 Å². The van der Waals surface area contributed by atoms with Gasteiger partial charge in [-0.25, -0.2) is 9.78 Å². The third kappa shape index (κ3) is 34.1. The highest BCUT2D eigenvalue weighted by Gasteiger charge is 2.38. The Morgan fingerprint density at radius 2 is 0.990 bits per heavy atom. The zero-order chi connectivity index (χ0) is 75.2. The van der Waals surface area contributed by atoms with Gasteiger partial charge in [-0.2, -0.15) is 25.3 Å². The SMILES string of the molecule is CC[C@H](C)[C@H](NC(=O)[C@H](CS)NC(=O)[C@H](CCCCN)NC(=O)[C@H](CCCNC(=N)N)NC(=O)[C@@H](NC(=O)[C@@H](NC(=O)[C@H](Cc1c[nH]cn1)NC(=O)CNC(=O)CNC(=O)[C@H](CC(N)=O)NC(=O)[C@@H](N)CCC(N)=O)C(C)C)C(C)C)C(=O)N[C@@H](CCC(=O)O)C(=O)N[C@@H](CS)C(=O)O. The largest absolute Gasteiger partial charge is 0.481 e. The summed E-state index contributed by atoms with van der Waals surface area (Å²) < 4.78 is 0. The van der Waals surface area contributed by atoms with Crippen LogP contribution >= 0.6 is 25.3 Å². The maximum absolute atomic E-state index is 14.4. The number of nitrogens with two attached hydrogens (primary N) is 5. The summed E-state index contributed by atoms with van der Waals surface area (Å²) in [4.78, 5) is 217. The van der Waals surface area contributed by atoms with Crippen LogP contribution in [-0.2, 0) is 83.1 Å². The monoisotopic (exact) mass is 1440 g/mol. The van der Waals surface area contributed by atoms with E-state index < -0.39 is 217 Å². The zero-order valence-electron chi connectivity index (χ0n) is 56.1. The Labute approximate surface area is 582 Å². The number of aliphatic carboxylic acids is 2. The number of amides is 14. The van der Waals surface area contributed by atoms with Crippen LogP contribution in [0.4, 0.5) is 0 Å². The number of hydrogen-bond donors (Lipinski definition) is 24. The molecule has 1 heterocycles. The van der Waals surface area contributed by atoms with Crippen LogP contribution in [0.25, 0.3) is 0 Å². The summed E-state index contributed by atoms with van der Waals surface area (Å²) in [5.41, 5.74) is 27.6. The van der Waals surface area contributed by atoms with Gasteiger partial charge in [0.25, 0.3) is 0 Å². The lowest BCUT2D eigenvalue weighted by Gasteiger charge is -2.30. The third-order valence-electron chi connectivity index (χ3n) is 14.9. The molecule has 0 spiro atoms. The molecule has 0 aliphatic rings. The first-order valence-electron chi connectivity index (χ1n) is 31.8. The van der Waals surface area contributed by atoms with Crippen LogP contribution in [0.2, 0.25) is 0 Å². The number of rotatable bonds is 49. The predicted octanol–water partition coefficient (Wildman–Crippen LogP) is -7.94. The van der Waals surface area contributed by atoms with E-state index in [0.717, 1.165) is 0 Å². The lowest BCUT2D eigenvalue weighted by atomic mass is 9.97. The predicted molar refractivity (Wildman–Crippen MR) is 361 cm³/mol. The summed E-state index contributed by atoms with van der Waals surface area (Å²) in [5, 5.41) is 58.3. The molecule has 12 atom stereocenters. The molecule has 556 valence electrons. The molecule has 0 aliphatic carbocycles. The van der Waals surface area contributed by atoms with E-state index in [2.05, 4.69) is 104 Å². The maximum Gasteiger partial charge on any atom is 0.327 e. The molecule has 99 heavy (non-hydrogen) atoms. The Hall–Kier alpha value is -9.38. The smallest absolute Gasteiger partial charge is 0.327 e. The lowest BCUT2D eigenvalue weighted by molar-refractivity contribution is -0.142. The van der Waals surface area contributed by atoms with E-state index in [-0.39, 0.29) is 81.7 Å². The Morgan fingerprint density at radius 1 is 0.515 bits per heavy atom. The molecule has 0 fully saturated rings. The number of carboxylic acid groups (broad SMARTS) is 2. The molecule has 1 rings (SSSR count). The van der Waals surface area contributed by atoms with Gasteiger partial charge in [-0.15, -0.1) is 0 Å². The average molecular weight is 1440 g/mol. The number of carboxylic acids is 2. The van der Waals surface area contributed by atoms with Crippen molar-refractivity contribution in [2.45, 2.75) is 185 Å². The van der Waals surface area contributed by atoms with Crippen LogP contribution in [0.15, 0.2) is 12.5 Å². The van der Waals surface area contributed by atoms with Crippen LogP contribution in [0, 0.1) is 23.2 Å². The summed E-state index contributed by atoms with van der Waals surface area (Å²) in [7, 11) is 0. The fourth-order valence-electron chi connectivity index (χ4n) is 9.05. The van der Waals surface area contributed by atoms with Crippen LogP contribution in [0.5, 0.6) is 0 Å². The van der Waals surface area contributed by atoms with Crippen LogP contribution in [-0.4, -0.2) is 225 Å². The number of imidazole rings is 1. The zero-order valence-corrected chi connectivity index (χ0v) is 57.9. The highest BCUT2D eigenvalue weighted by Crippen LogP contribution is 2.14. The van der Waals surface area contributed by atoms with Crippen molar-refractivity contribution in [3.05, 3.63) is 18.2 Å². The Kier molecular flexibility index (Phi) is 40.7. The summed E-state index contributed by atoms with van der Waals surface area (Å²) >= 11 is 8.19. The minimum absolute atomic E-state index is 0.0298. The van der Waals surface area contributed by atoms with Crippen LogP contribution < -0.4 is 97.8 Å². The van der Waals surface area contributed by atoms with Gasteiger partial charge in [0, 0.05) is 43.5 Å². The van der Waals surface area contributed by atoms with Crippen molar-refractivity contribution in [1.82, 2.24) is 79.1 Å². The first kappa shape index (κ1) is 87.6.